The van der Waals surface area contributed by atoms with Crippen molar-refractivity contribution in [1.29, 1.82) is 0 Å². The first kappa shape index (κ1) is 32.4. The SMILES string of the molecule is C[C@H]1CN(C2COC2)C[C@H](C)N1c1ccc(Nc2cc(-c3ccnc(-n4ccn5c6c(cc5c4=O)CC(C)(C)C6)c3CO)cn(C)c2=O)nc1. The lowest BCUT2D eigenvalue weighted by molar-refractivity contribution is -0.0726. The van der Waals surface area contributed by atoms with Crippen molar-refractivity contribution < 1.29 is 9.84 Å². The molecule has 2 fully saturated rings. The Morgan fingerprint density at radius 1 is 1.00 bits per heavy atom. The van der Waals surface area contributed by atoms with E-state index >= 15 is 0 Å². The van der Waals surface area contributed by atoms with E-state index in [9.17, 15) is 14.7 Å². The number of nitrogens with zero attached hydrogens (tertiary/aromatic N) is 7. The molecule has 12 nitrogen and oxygen atoms in total. The molecule has 8 rings (SSSR count). The summed E-state index contributed by atoms with van der Waals surface area (Å²) in [5, 5.41) is 13.9. The highest BCUT2D eigenvalue weighted by molar-refractivity contribution is 5.73. The van der Waals surface area contributed by atoms with Crippen LogP contribution in [0.1, 0.15) is 44.5 Å². The van der Waals surface area contributed by atoms with Crippen LogP contribution in [0, 0.1) is 5.41 Å². The molecule has 50 heavy (non-hydrogen) atoms. The maximum Gasteiger partial charge on any atom is 0.280 e. The van der Waals surface area contributed by atoms with Crippen molar-refractivity contribution in [3.05, 3.63) is 98.8 Å². The van der Waals surface area contributed by atoms with Crippen LogP contribution in [0.2, 0.25) is 0 Å². The Labute approximate surface area is 290 Å². The lowest BCUT2D eigenvalue weighted by Crippen LogP contribution is -2.62. The minimum absolute atomic E-state index is 0.169. The van der Waals surface area contributed by atoms with Crippen LogP contribution >= 0.6 is 0 Å². The van der Waals surface area contributed by atoms with Gasteiger partial charge in [0.25, 0.3) is 11.1 Å². The van der Waals surface area contributed by atoms with Gasteiger partial charge in [0.15, 0.2) is 0 Å². The number of aromatic nitrogens is 5. The molecular formula is C38H44N8O4. The number of rotatable bonds is 7. The molecule has 2 saturated heterocycles. The fourth-order valence-electron chi connectivity index (χ4n) is 8.25. The third-order valence-corrected chi connectivity index (χ3v) is 10.7. The van der Waals surface area contributed by atoms with Gasteiger partial charge in [-0.1, -0.05) is 13.8 Å². The second-order valence-corrected chi connectivity index (χ2v) is 15.0. The van der Waals surface area contributed by atoms with Crippen LogP contribution in [0.4, 0.5) is 17.2 Å². The number of pyridine rings is 3. The fourth-order valence-corrected chi connectivity index (χ4v) is 8.25. The van der Waals surface area contributed by atoms with E-state index in [0.29, 0.717) is 57.7 Å². The zero-order valence-electron chi connectivity index (χ0n) is 29.3. The molecule has 1 aliphatic carbocycles. The van der Waals surface area contributed by atoms with Crippen molar-refractivity contribution in [3.8, 4) is 16.9 Å². The van der Waals surface area contributed by atoms with Crippen molar-refractivity contribution >= 4 is 22.7 Å². The van der Waals surface area contributed by atoms with Gasteiger partial charge in [-0.15, -0.1) is 0 Å². The summed E-state index contributed by atoms with van der Waals surface area (Å²) in [5.41, 5.74) is 5.94. The lowest BCUT2D eigenvalue weighted by Gasteiger charge is -2.49. The Morgan fingerprint density at radius 3 is 2.46 bits per heavy atom. The molecular weight excluding hydrogens is 632 g/mol. The average Bonchev–Trinajstić information content (AvgIpc) is 3.54. The summed E-state index contributed by atoms with van der Waals surface area (Å²) in [7, 11) is 1.69. The van der Waals surface area contributed by atoms with Crippen molar-refractivity contribution in [2.45, 2.75) is 65.3 Å². The molecule has 2 aliphatic heterocycles. The Hall–Kier alpha value is -4.78. The van der Waals surface area contributed by atoms with Gasteiger partial charge < -0.3 is 29.0 Å². The number of aryl methyl sites for hydroxylation is 1. The van der Waals surface area contributed by atoms with Crippen LogP contribution in [0.15, 0.2) is 70.9 Å². The monoisotopic (exact) mass is 676 g/mol. The number of anilines is 3. The molecule has 260 valence electrons. The first-order chi connectivity index (χ1) is 24.0. The van der Waals surface area contributed by atoms with Gasteiger partial charge in [0.1, 0.15) is 22.8 Å². The van der Waals surface area contributed by atoms with Crippen molar-refractivity contribution in [2.24, 2.45) is 12.5 Å². The van der Waals surface area contributed by atoms with Gasteiger partial charge in [-0.2, -0.15) is 0 Å². The number of hydrogen-bond acceptors (Lipinski definition) is 9. The van der Waals surface area contributed by atoms with E-state index in [1.54, 1.807) is 37.8 Å². The number of nitrogens with one attached hydrogen (secondary N) is 1. The van der Waals surface area contributed by atoms with Crippen LogP contribution in [0.25, 0.3) is 22.5 Å². The molecule has 0 radical (unpaired) electrons. The lowest BCUT2D eigenvalue weighted by atomic mass is 9.90. The number of ether oxygens (including phenoxy) is 1. The normalized spacial score (nSPS) is 20.6. The molecule has 0 aromatic carbocycles. The summed E-state index contributed by atoms with van der Waals surface area (Å²) >= 11 is 0. The third kappa shape index (κ3) is 5.51. The van der Waals surface area contributed by atoms with Crippen LogP contribution in [0.3, 0.4) is 0 Å². The minimum Gasteiger partial charge on any atom is -0.392 e. The highest BCUT2D eigenvalue weighted by Gasteiger charge is 2.36. The van der Waals surface area contributed by atoms with Crippen molar-refractivity contribution in [3.63, 3.8) is 0 Å². The number of aliphatic hydroxyl groups excluding tert-OH is 1. The first-order valence-electron chi connectivity index (χ1n) is 17.4. The summed E-state index contributed by atoms with van der Waals surface area (Å²) in [6.07, 6.45) is 10.7. The molecule has 5 aromatic rings. The molecule has 7 heterocycles. The molecule has 2 N–H and O–H groups in total. The number of piperazine rings is 1. The summed E-state index contributed by atoms with van der Waals surface area (Å²) in [4.78, 5) is 41.4. The van der Waals surface area contributed by atoms with E-state index in [1.807, 2.05) is 35.0 Å². The molecule has 0 bridgehead atoms. The predicted molar refractivity (Wildman–Crippen MR) is 194 cm³/mol. The molecule has 0 saturated carbocycles. The average molecular weight is 677 g/mol. The van der Waals surface area contributed by atoms with Gasteiger partial charge in [0, 0.05) is 73.8 Å². The Morgan fingerprint density at radius 2 is 1.78 bits per heavy atom. The minimum atomic E-state index is -0.351. The van der Waals surface area contributed by atoms with Gasteiger partial charge in [0.2, 0.25) is 0 Å². The third-order valence-electron chi connectivity index (χ3n) is 10.7. The van der Waals surface area contributed by atoms with E-state index in [1.165, 1.54) is 20.4 Å². The van der Waals surface area contributed by atoms with Crippen molar-refractivity contribution in [2.75, 3.05) is 36.5 Å². The summed E-state index contributed by atoms with van der Waals surface area (Å²) in [5.74, 6) is 0.902. The molecule has 2 atom stereocenters. The van der Waals surface area contributed by atoms with E-state index in [-0.39, 0.29) is 23.1 Å². The van der Waals surface area contributed by atoms with E-state index < -0.39 is 0 Å². The standard InChI is InChI=1S/C38H44N8O4/c1-23-17-43(28-21-50-22-28)18-24(2)46(23)27-6-7-34(40-16-27)41-31-12-26(19-42(5)36(31)48)29-8-9-39-35(30(29)20-47)45-11-10-44-32(37(45)49)13-25-14-38(3,4)15-33(25)44/h6-13,16,19,23-24,28,47H,14-15,17-18,20-22H2,1-5H3,(H,40,41)/t23-,24-/m0/s1. The molecule has 12 heteroatoms. The van der Waals surface area contributed by atoms with Gasteiger partial charge in [-0.25, -0.2) is 9.97 Å². The second kappa shape index (κ2) is 12.2. The van der Waals surface area contributed by atoms with Gasteiger partial charge >= 0.3 is 0 Å². The van der Waals surface area contributed by atoms with E-state index in [2.05, 4.69) is 47.8 Å². The highest BCUT2D eigenvalue weighted by atomic mass is 16.5. The molecule has 5 aromatic heterocycles. The number of hydrogen-bond donors (Lipinski definition) is 2. The fraction of sp³-hybridized carbons (Fsp3) is 0.421. The summed E-state index contributed by atoms with van der Waals surface area (Å²) < 4.78 is 10.4. The second-order valence-electron chi connectivity index (χ2n) is 15.0. The molecule has 0 amide bonds. The first-order valence-corrected chi connectivity index (χ1v) is 17.4. The molecule has 0 spiro atoms. The number of fused-ring (bicyclic) bond motifs is 3. The Kier molecular flexibility index (Phi) is 7.92. The number of aliphatic hydroxyl groups is 1. The van der Waals surface area contributed by atoms with Gasteiger partial charge in [-0.3, -0.25) is 19.1 Å². The van der Waals surface area contributed by atoms with Gasteiger partial charge in [0.05, 0.1) is 37.7 Å². The van der Waals surface area contributed by atoms with Crippen LogP contribution < -0.4 is 21.3 Å². The Bertz CT molecular complexity index is 2200. The molecule has 0 unspecified atom stereocenters. The highest BCUT2D eigenvalue weighted by Crippen LogP contribution is 2.37. The predicted octanol–water partition coefficient (Wildman–Crippen LogP) is 3.90. The van der Waals surface area contributed by atoms with Crippen molar-refractivity contribution in [1.82, 2.24) is 28.4 Å². The maximum atomic E-state index is 13.8. The Balaban J connectivity index is 1.08. The largest absolute Gasteiger partial charge is 0.392 e. The van der Waals surface area contributed by atoms with E-state index in [4.69, 9.17) is 9.72 Å². The van der Waals surface area contributed by atoms with E-state index in [0.717, 1.165) is 44.8 Å². The maximum absolute atomic E-state index is 13.8. The molecule has 3 aliphatic rings. The van der Waals surface area contributed by atoms with Crippen LogP contribution in [-0.4, -0.2) is 77.9 Å². The van der Waals surface area contributed by atoms with Crippen LogP contribution in [-0.2, 0) is 31.2 Å². The van der Waals surface area contributed by atoms with Gasteiger partial charge in [-0.05, 0) is 73.6 Å². The topological polar surface area (TPSA) is 122 Å². The zero-order chi connectivity index (χ0) is 34.9. The zero-order valence-corrected chi connectivity index (χ0v) is 29.3. The summed E-state index contributed by atoms with van der Waals surface area (Å²) in [6, 6.07) is 10.7. The smallest absolute Gasteiger partial charge is 0.280 e. The quantitative estimate of drug-likeness (QED) is 0.264. The van der Waals surface area contributed by atoms with Crippen LogP contribution in [0.5, 0.6) is 0 Å². The summed E-state index contributed by atoms with van der Waals surface area (Å²) in [6.45, 7) is 12.2.